The number of carbonyl (C=O) groups excluding carboxylic acids is 1. The van der Waals surface area contributed by atoms with E-state index in [1.807, 2.05) is 6.92 Å². The fraction of sp³-hybridized carbons (Fsp3) is 0.500. The van der Waals surface area contributed by atoms with Crippen LogP contribution in [0, 0.1) is 17.7 Å². The van der Waals surface area contributed by atoms with Crippen molar-refractivity contribution in [2.24, 2.45) is 17.6 Å². The molecule has 2 rings (SSSR count). The molecule has 3 nitrogen and oxygen atoms in total. The molecule has 1 amide bonds. The lowest BCUT2D eigenvalue weighted by atomic mass is 10.1. The lowest BCUT2D eigenvalue weighted by Crippen LogP contribution is -2.30. The Morgan fingerprint density at radius 1 is 1.56 bits per heavy atom. The second-order valence-corrected chi connectivity index (χ2v) is 4.97. The summed E-state index contributed by atoms with van der Waals surface area (Å²) in [4.78, 5) is 11.8. The van der Waals surface area contributed by atoms with Gasteiger partial charge in [0.25, 0.3) is 0 Å². The Morgan fingerprint density at radius 2 is 2.28 bits per heavy atom. The van der Waals surface area contributed by atoms with Crippen molar-refractivity contribution < 1.29 is 9.18 Å². The van der Waals surface area contributed by atoms with Crippen LogP contribution in [-0.4, -0.2) is 5.91 Å². The molecule has 1 aliphatic carbocycles. The summed E-state index contributed by atoms with van der Waals surface area (Å²) in [6.45, 7) is 2.50. The Morgan fingerprint density at radius 3 is 2.83 bits per heavy atom. The van der Waals surface area contributed by atoms with Crippen LogP contribution in [0.1, 0.15) is 30.9 Å². The summed E-state index contributed by atoms with van der Waals surface area (Å²) in [5.74, 6) is 0.267. The molecular formula is C14H19FN2O. The first kappa shape index (κ1) is 13.0. The third-order valence-corrected chi connectivity index (χ3v) is 3.55. The van der Waals surface area contributed by atoms with E-state index >= 15 is 0 Å². The molecule has 1 unspecified atom stereocenters. The third-order valence-electron chi connectivity index (χ3n) is 3.55. The van der Waals surface area contributed by atoms with Crippen molar-refractivity contribution >= 4 is 5.91 Å². The van der Waals surface area contributed by atoms with Gasteiger partial charge in [0.05, 0.1) is 0 Å². The molecule has 0 radical (unpaired) electrons. The fourth-order valence-corrected chi connectivity index (χ4v) is 2.01. The minimum atomic E-state index is -0.308. The average molecular weight is 250 g/mol. The molecule has 0 aromatic heterocycles. The van der Waals surface area contributed by atoms with Gasteiger partial charge in [-0.3, -0.25) is 4.79 Å². The number of hydrogen-bond acceptors (Lipinski definition) is 2. The molecule has 3 N–H and O–H groups in total. The number of nitrogens with two attached hydrogens (primary N) is 1. The first-order valence-corrected chi connectivity index (χ1v) is 6.37. The molecule has 0 spiro atoms. The molecule has 0 saturated heterocycles. The van der Waals surface area contributed by atoms with Crippen LogP contribution < -0.4 is 11.1 Å². The number of halogens is 1. The average Bonchev–Trinajstić information content (AvgIpc) is 3.20. The van der Waals surface area contributed by atoms with Gasteiger partial charge < -0.3 is 11.1 Å². The molecule has 98 valence electrons. The monoisotopic (exact) mass is 250 g/mol. The first-order valence-electron chi connectivity index (χ1n) is 6.37. The molecule has 18 heavy (non-hydrogen) atoms. The Balaban J connectivity index is 1.91. The zero-order chi connectivity index (χ0) is 13.1. The van der Waals surface area contributed by atoms with Crippen molar-refractivity contribution in [2.45, 2.75) is 32.9 Å². The van der Waals surface area contributed by atoms with Crippen molar-refractivity contribution in [3.8, 4) is 0 Å². The predicted molar refractivity (Wildman–Crippen MR) is 68.0 cm³/mol. The number of rotatable bonds is 5. The summed E-state index contributed by atoms with van der Waals surface area (Å²) < 4.78 is 13.7. The van der Waals surface area contributed by atoms with Gasteiger partial charge >= 0.3 is 0 Å². The maximum absolute atomic E-state index is 13.7. The summed E-state index contributed by atoms with van der Waals surface area (Å²) in [6, 6.07) is 4.89. The molecule has 1 aromatic carbocycles. The third kappa shape index (κ3) is 3.07. The highest BCUT2D eigenvalue weighted by Gasteiger charge is 2.32. The second kappa shape index (κ2) is 5.48. The van der Waals surface area contributed by atoms with E-state index in [-0.39, 0.29) is 24.2 Å². The zero-order valence-electron chi connectivity index (χ0n) is 10.6. The van der Waals surface area contributed by atoms with Crippen LogP contribution in [-0.2, 0) is 17.9 Å². The molecule has 0 aliphatic heterocycles. The minimum Gasteiger partial charge on any atom is -0.352 e. The molecule has 1 fully saturated rings. The molecule has 1 saturated carbocycles. The lowest BCUT2D eigenvalue weighted by molar-refractivity contribution is -0.125. The van der Waals surface area contributed by atoms with E-state index in [2.05, 4.69) is 5.32 Å². The predicted octanol–water partition coefficient (Wildman–Crippen LogP) is 1.95. The lowest BCUT2D eigenvalue weighted by Gasteiger charge is -2.11. The summed E-state index contributed by atoms with van der Waals surface area (Å²) in [7, 11) is 0. The number of amides is 1. The Labute approximate surface area is 107 Å². The highest BCUT2D eigenvalue weighted by Crippen LogP contribution is 2.36. The van der Waals surface area contributed by atoms with E-state index in [0.717, 1.165) is 18.4 Å². The van der Waals surface area contributed by atoms with E-state index in [1.165, 1.54) is 6.07 Å². The van der Waals surface area contributed by atoms with Gasteiger partial charge in [0.1, 0.15) is 5.82 Å². The van der Waals surface area contributed by atoms with E-state index in [0.29, 0.717) is 18.0 Å². The van der Waals surface area contributed by atoms with Crippen molar-refractivity contribution in [3.63, 3.8) is 0 Å². The molecule has 1 aromatic rings. The van der Waals surface area contributed by atoms with Gasteiger partial charge in [-0.2, -0.15) is 0 Å². The molecule has 0 heterocycles. The second-order valence-electron chi connectivity index (χ2n) is 4.97. The number of benzene rings is 1. The maximum atomic E-state index is 13.7. The topological polar surface area (TPSA) is 55.1 Å². The summed E-state index contributed by atoms with van der Waals surface area (Å²) in [6.07, 6.45) is 2.27. The normalized spacial score (nSPS) is 16.4. The Hall–Kier alpha value is -1.42. The minimum absolute atomic E-state index is 0.0137. The Kier molecular flexibility index (Phi) is 3.97. The highest BCUT2D eigenvalue weighted by molar-refractivity contribution is 5.78. The smallest absolute Gasteiger partial charge is 0.223 e. The molecular weight excluding hydrogens is 231 g/mol. The maximum Gasteiger partial charge on any atom is 0.223 e. The molecule has 1 aliphatic rings. The van der Waals surface area contributed by atoms with Crippen LogP contribution in [0.3, 0.4) is 0 Å². The molecule has 1 atom stereocenters. The standard InChI is InChI=1S/C14H19FN2O/c1-9(11-4-5-11)14(18)17-8-12-3-2-10(7-16)6-13(12)15/h2-3,6,9,11H,4-5,7-8,16H2,1H3,(H,17,18). The van der Waals surface area contributed by atoms with Gasteiger partial charge in [-0.05, 0) is 30.4 Å². The van der Waals surface area contributed by atoms with E-state index in [4.69, 9.17) is 5.73 Å². The first-order chi connectivity index (χ1) is 8.61. The van der Waals surface area contributed by atoms with E-state index in [1.54, 1.807) is 12.1 Å². The summed E-state index contributed by atoms with van der Waals surface area (Å²) in [5, 5.41) is 2.79. The number of nitrogens with one attached hydrogen (secondary N) is 1. The number of hydrogen-bond donors (Lipinski definition) is 2. The molecule has 4 heteroatoms. The van der Waals surface area contributed by atoms with Crippen LogP contribution in [0.5, 0.6) is 0 Å². The fourth-order valence-electron chi connectivity index (χ4n) is 2.01. The van der Waals surface area contributed by atoms with Gasteiger partial charge in [0, 0.05) is 24.6 Å². The van der Waals surface area contributed by atoms with Gasteiger partial charge in [-0.15, -0.1) is 0 Å². The SMILES string of the molecule is CC(C(=O)NCc1ccc(CN)cc1F)C1CC1. The molecule has 0 bridgehead atoms. The van der Waals surface area contributed by atoms with Crippen LogP contribution >= 0.6 is 0 Å². The largest absolute Gasteiger partial charge is 0.352 e. The quantitative estimate of drug-likeness (QED) is 0.839. The van der Waals surface area contributed by atoms with Crippen LogP contribution in [0.15, 0.2) is 18.2 Å². The van der Waals surface area contributed by atoms with Gasteiger partial charge in [-0.25, -0.2) is 4.39 Å². The van der Waals surface area contributed by atoms with Crippen molar-refractivity contribution in [2.75, 3.05) is 0 Å². The Bertz CT molecular complexity index is 443. The summed E-state index contributed by atoms with van der Waals surface area (Å²) >= 11 is 0. The van der Waals surface area contributed by atoms with E-state index < -0.39 is 0 Å². The highest BCUT2D eigenvalue weighted by atomic mass is 19.1. The van der Waals surface area contributed by atoms with Gasteiger partial charge in [0.2, 0.25) is 5.91 Å². The zero-order valence-corrected chi connectivity index (χ0v) is 10.6. The van der Waals surface area contributed by atoms with Crippen molar-refractivity contribution in [1.82, 2.24) is 5.32 Å². The summed E-state index contributed by atoms with van der Waals surface area (Å²) in [5.41, 5.74) is 6.70. The number of carbonyl (C=O) groups is 1. The van der Waals surface area contributed by atoms with Crippen LogP contribution in [0.25, 0.3) is 0 Å². The van der Waals surface area contributed by atoms with Crippen molar-refractivity contribution in [1.29, 1.82) is 0 Å². The van der Waals surface area contributed by atoms with Crippen molar-refractivity contribution in [3.05, 3.63) is 35.1 Å². The van der Waals surface area contributed by atoms with Crippen LogP contribution in [0.2, 0.25) is 0 Å². The van der Waals surface area contributed by atoms with Crippen LogP contribution in [0.4, 0.5) is 4.39 Å². The van der Waals surface area contributed by atoms with Gasteiger partial charge in [0.15, 0.2) is 0 Å². The van der Waals surface area contributed by atoms with Gasteiger partial charge in [-0.1, -0.05) is 19.1 Å². The van der Waals surface area contributed by atoms with E-state index in [9.17, 15) is 9.18 Å².